The molecule has 1 heterocycles. The number of benzene rings is 1. The van der Waals surface area contributed by atoms with Gasteiger partial charge in [-0.3, -0.25) is 4.79 Å². The van der Waals surface area contributed by atoms with Gasteiger partial charge in [0.05, 0.1) is 12.1 Å². The second-order valence-corrected chi connectivity index (χ2v) is 6.59. The molecule has 114 valence electrons. The van der Waals surface area contributed by atoms with Crippen molar-refractivity contribution in [3.05, 3.63) is 26.8 Å². The van der Waals surface area contributed by atoms with Crippen molar-refractivity contribution >= 4 is 51.9 Å². The van der Waals surface area contributed by atoms with Crippen LogP contribution in [0.3, 0.4) is 0 Å². The van der Waals surface area contributed by atoms with Gasteiger partial charge in [-0.05, 0) is 60.1 Å². The van der Waals surface area contributed by atoms with Crippen LogP contribution in [-0.2, 0) is 4.79 Å². The Morgan fingerprint density at radius 1 is 1.43 bits per heavy atom. The highest BCUT2D eigenvalue weighted by molar-refractivity contribution is 14.1. The Hall–Kier alpha value is -1.02. The summed E-state index contributed by atoms with van der Waals surface area (Å²) in [5.74, 6) is -0.874. The van der Waals surface area contributed by atoms with E-state index in [9.17, 15) is 9.59 Å². The van der Waals surface area contributed by atoms with Crippen LogP contribution < -0.4 is 5.32 Å². The first kappa shape index (κ1) is 16.4. The van der Waals surface area contributed by atoms with Crippen LogP contribution in [-0.4, -0.2) is 34.6 Å². The summed E-state index contributed by atoms with van der Waals surface area (Å²) in [5.41, 5.74) is 0.685. The van der Waals surface area contributed by atoms with Gasteiger partial charge in [-0.1, -0.05) is 11.6 Å². The Kier molecular flexibility index (Phi) is 5.69. The molecule has 2 rings (SSSR count). The smallest absolute Gasteiger partial charge is 0.322 e. The van der Waals surface area contributed by atoms with Crippen molar-refractivity contribution in [1.29, 1.82) is 0 Å². The van der Waals surface area contributed by atoms with Crippen LogP contribution in [0.25, 0.3) is 0 Å². The summed E-state index contributed by atoms with van der Waals surface area (Å²) in [4.78, 5) is 24.9. The predicted octanol–water partition coefficient (Wildman–Crippen LogP) is 3.81. The summed E-state index contributed by atoms with van der Waals surface area (Å²) >= 11 is 7.99. The van der Waals surface area contributed by atoms with Crippen molar-refractivity contribution in [2.24, 2.45) is 0 Å². The van der Waals surface area contributed by atoms with E-state index < -0.39 is 5.97 Å². The third-order valence-corrected chi connectivity index (χ3v) is 4.60. The molecule has 0 aliphatic carbocycles. The van der Waals surface area contributed by atoms with Crippen molar-refractivity contribution in [3.8, 4) is 0 Å². The summed E-state index contributed by atoms with van der Waals surface area (Å²) in [6, 6.07) is 4.74. The summed E-state index contributed by atoms with van der Waals surface area (Å²) in [5, 5.41) is 12.4. The Morgan fingerprint density at radius 2 is 2.19 bits per heavy atom. The summed E-state index contributed by atoms with van der Waals surface area (Å²) in [7, 11) is 0. The van der Waals surface area contributed by atoms with Crippen LogP contribution in [0, 0.1) is 3.57 Å². The molecule has 1 saturated heterocycles. The minimum atomic E-state index is -0.874. The molecule has 7 heteroatoms. The maximum absolute atomic E-state index is 12.4. The summed E-state index contributed by atoms with van der Waals surface area (Å²) < 4.78 is 0.847. The average molecular weight is 423 g/mol. The van der Waals surface area contributed by atoms with Crippen LogP contribution >= 0.6 is 34.2 Å². The van der Waals surface area contributed by atoms with Crippen LogP contribution in [0.15, 0.2) is 18.2 Å². The van der Waals surface area contributed by atoms with Crippen molar-refractivity contribution < 1.29 is 14.7 Å². The number of halogens is 2. The highest BCUT2D eigenvalue weighted by atomic mass is 127. The molecule has 2 N–H and O–H groups in total. The molecule has 0 saturated carbocycles. The number of rotatable bonds is 3. The Bertz CT molecular complexity index is 553. The zero-order chi connectivity index (χ0) is 15.4. The molecule has 0 aromatic heterocycles. The van der Waals surface area contributed by atoms with E-state index in [4.69, 9.17) is 16.7 Å². The number of carboxylic acids is 1. The van der Waals surface area contributed by atoms with Gasteiger partial charge in [-0.25, -0.2) is 4.79 Å². The van der Waals surface area contributed by atoms with Gasteiger partial charge in [0.1, 0.15) is 0 Å². The number of anilines is 1. The predicted molar refractivity (Wildman–Crippen MR) is 89.8 cm³/mol. The number of urea groups is 1. The molecule has 21 heavy (non-hydrogen) atoms. The third kappa shape index (κ3) is 4.47. The average Bonchev–Trinajstić information content (AvgIpc) is 2.42. The van der Waals surface area contributed by atoms with Gasteiger partial charge in [-0.15, -0.1) is 0 Å². The molecule has 2 amide bonds. The third-order valence-electron chi connectivity index (χ3n) is 3.47. The number of carbonyl (C=O) groups is 2. The number of carbonyl (C=O) groups excluding carboxylic acids is 1. The molecule has 0 radical (unpaired) electrons. The van der Waals surface area contributed by atoms with Crippen LogP contribution in [0.1, 0.15) is 25.7 Å². The van der Waals surface area contributed by atoms with Crippen LogP contribution in [0.4, 0.5) is 10.5 Å². The molecular formula is C14H16ClIN2O3. The largest absolute Gasteiger partial charge is 0.481 e. The lowest BCUT2D eigenvalue weighted by Crippen LogP contribution is -2.46. The molecule has 5 nitrogen and oxygen atoms in total. The molecule has 1 aliphatic heterocycles. The second kappa shape index (κ2) is 7.31. The van der Waals surface area contributed by atoms with E-state index in [1.165, 1.54) is 0 Å². The molecule has 0 bridgehead atoms. The SMILES string of the molecule is O=C(O)CC1CCCCN1C(=O)Nc1ccc(Cl)cc1I. The molecule has 1 fully saturated rings. The highest BCUT2D eigenvalue weighted by Crippen LogP contribution is 2.25. The molecule has 1 unspecified atom stereocenters. The highest BCUT2D eigenvalue weighted by Gasteiger charge is 2.28. The quantitative estimate of drug-likeness (QED) is 0.728. The zero-order valence-electron chi connectivity index (χ0n) is 11.3. The fourth-order valence-electron chi connectivity index (χ4n) is 2.46. The molecule has 1 aliphatic rings. The molecule has 1 aromatic carbocycles. The number of amides is 2. The molecule has 1 aromatic rings. The Morgan fingerprint density at radius 3 is 2.86 bits per heavy atom. The standard InChI is InChI=1S/C14H16ClIN2O3/c15-9-4-5-12(11(16)7-9)17-14(21)18-6-2-1-3-10(18)8-13(19)20/h4-5,7,10H,1-3,6,8H2,(H,17,21)(H,19,20). The fraction of sp³-hybridized carbons (Fsp3) is 0.429. The van der Waals surface area contributed by atoms with Gasteiger partial charge in [0.2, 0.25) is 0 Å². The first-order valence-electron chi connectivity index (χ1n) is 6.72. The van der Waals surface area contributed by atoms with Gasteiger partial charge >= 0.3 is 12.0 Å². The van der Waals surface area contributed by atoms with Gasteiger partial charge in [-0.2, -0.15) is 0 Å². The maximum atomic E-state index is 12.4. The van der Waals surface area contributed by atoms with E-state index in [-0.39, 0.29) is 18.5 Å². The van der Waals surface area contributed by atoms with Crippen LogP contribution in [0.2, 0.25) is 5.02 Å². The Labute approximate surface area is 141 Å². The lowest BCUT2D eigenvalue weighted by atomic mass is 10.00. The number of piperidine rings is 1. The van der Waals surface area contributed by atoms with Crippen molar-refractivity contribution in [1.82, 2.24) is 4.90 Å². The van der Waals surface area contributed by atoms with Gasteiger partial charge in [0, 0.05) is 21.2 Å². The monoisotopic (exact) mass is 422 g/mol. The first-order valence-corrected chi connectivity index (χ1v) is 8.17. The van der Waals surface area contributed by atoms with E-state index in [1.807, 2.05) is 0 Å². The van der Waals surface area contributed by atoms with Crippen LogP contribution in [0.5, 0.6) is 0 Å². The zero-order valence-corrected chi connectivity index (χ0v) is 14.2. The van der Waals surface area contributed by atoms with Gasteiger partial charge in [0.15, 0.2) is 0 Å². The van der Waals surface area contributed by atoms with Crippen molar-refractivity contribution in [2.45, 2.75) is 31.7 Å². The normalized spacial score (nSPS) is 18.4. The van der Waals surface area contributed by atoms with E-state index in [1.54, 1.807) is 23.1 Å². The maximum Gasteiger partial charge on any atom is 0.322 e. The van der Waals surface area contributed by atoms with E-state index in [0.717, 1.165) is 22.8 Å². The molecule has 0 spiro atoms. The lowest BCUT2D eigenvalue weighted by molar-refractivity contribution is -0.138. The number of likely N-dealkylation sites (tertiary alicyclic amines) is 1. The number of nitrogens with zero attached hydrogens (tertiary/aromatic N) is 1. The number of hydrogen-bond acceptors (Lipinski definition) is 2. The van der Waals surface area contributed by atoms with Crippen molar-refractivity contribution in [3.63, 3.8) is 0 Å². The number of nitrogens with one attached hydrogen (secondary N) is 1. The van der Waals surface area contributed by atoms with Crippen molar-refractivity contribution in [2.75, 3.05) is 11.9 Å². The van der Waals surface area contributed by atoms with E-state index >= 15 is 0 Å². The fourth-order valence-corrected chi connectivity index (χ4v) is 3.47. The Balaban J connectivity index is 2.08. The van der Waals surface area contributed by atoms with Gasteiger partial charge in [0.25, 0.3) is 0 Å². The number of aliphatic carboxylic acids is 1. The minimum absolute atomic E-state index is 0.00880. The number of carboxylic acid groups (broad SMARTS) is 1. The molecular weight excluding hydrogens is 407 g/mol. The first-order chi connectivity index (χ1) is 9.97. The van der Waals surface area contributed by atoms with E-state index in [0.29, 0.717) is 17.3 Å². The molecule has 1 atom stereocenters. The topological polar surface area (TPSA) is 69.6 Å². The second-order valence-electron chi connectivity index (χ2n) is 5.00. The lowest BCUT2D eigenvalue weighted by Gasteiger charge is -2.35. The minimum Gasteiger partial charge on any atom is -0.481 e. The summed E-state index contributed by atoms with van der Waals surface area (Å²) in [6.07, 6.45) is 2.59. The van der Waals surface area contributed by atoms with E-state index in [2.05, 4.69) is 27.9 Å². The number of hydrogen-bond donors (Lipinski definition) is 2. The summed E-state index contributed by atoms with van der Waals surface area (Å²) in [6.45, 7) is 0.591. The van der Waals surface area contributed by atoms with Gasteiger partial charge < -0.3 is 15.3 Å².